The van der Waals surface area contributed by atoms with Crippen LogP contribution in [0.2, 0.25) is 10.0 Å². The lowest BCUT2D eigenvalue weighted by atomic mass is 10.1. The first-order valence-corrected chi connectivity index (χ1v) is 10.7. The second-order valence-electron chi connectivity index (χ2n) is 7.04. The van der Waals surface area contributed by atoms with Crippen LogP contribution in [0.5, 0.6) is 0 Å². The van der Waals surface area contributed by atoms with Gasteiger partial charge in [-0.05, 0) is 58.8 Å². The number of anilines is 3. The molecule has 0 unspecified atom stereocenters. The van der Waals surface area contributed by atoms with Gasteiger partial charge in [-0.3, -0.25) is 5.43 Å². The average molecular weight is 510 g/mol. The molecule has 0 radical (unpaired) electrons. The second-order valence-corrected chi connectivity index (χ2v) is 7.88. The Kier molecular flexibility index (Phi) is 6.00. The van der Waals surface area contributed by atoms with Gasteiger partial charge in [0.2, 0.25) is 11.3 Å². The minimum atomic E-state index is -1.13. The lowest BCUT2D eigenvalue weighted by molar-refractivity contribution is 0.0697. The number of rotatable bonds is 7. The fourth-order valence-corrected chi connectivity index (χ4v) is 3.47. The topological polar surface area (TPSA) is 152 Å². The molecule has 0 fully saturated rings. The molecule has 0 amide bonds. The third kappa shape index (κ3) is 4.90. The Morgan fingerprint density at radius 3 is 2.57 bits per heavy atom. The summed E-state index contributed by atoms with van der Waals surface area (Å²) in [6, 6.07) is 15.0. The van der Waals surface area contributed by atoms with Crippen LogP contribution in [0.25, 0.3) is 22.6 Å². The summed E-state index contributed by atoms with van der Waals surface area (Å²) < 4.78 is 10.4. The van der Waals surface area contributed by atoms with Crippen LogP contribution in [0.1, 0.15) is 16.1 Å². The van der Waals surface area contributed by atoms with Gasteiger partial charge in [-0.25, -0.2) is 14.4 Å². The number of carboxylic acid groups (broad SMARTS) is 1. The van der Waals surface area contributed by atoms with E-state index in [2.05, 4.69) is 36.1 Å². The number of nitrogens with one attached hydrogen (secondary N) is 2. The Hall–Kier alpha value is -4.48. The summed E-state index contributed by atoms with van der Waals surface area (Å²) in [4.78, 5) is 20.0. The smallest absolute Gasteiger partial charge is 0.337 e. The molecule has 0 saturated carbocycles. The van der Waals surface area contributed by atoms with Gasteiger partial charge in [0.1, 0.15) is 11.5 Å². The number of halogens is 2. The zero-order chi connectivity index (χ0) is 24.4. The molecule has 0 aliphatic carbocycles. The molecule has 11 nitrogen and oxygen atoms in total. The zero-order valence-electron chi connectivity index (χ0n) is 17.4. The largest absolute Gasteiger partial charge is 0.478 e. The minimum absolute atomic E-state index is 0.0199. The van der Waals surface area contributed by atoms with Gasteiger partial charge in [0, 0.05) is 16.3 Å². The first-order chi connectivity index (χ1) is 17.0. The van der Waals surface area contributed by atoms with Crippen molar-refractivity contribution in [1.82, 2.24) is 20.3 Å². The minimum Gasteiger partial charge on any atom is -0.478 e. The van der Waals surface area contributed by atoms with E-state index < -0.39 is 5.97 Å². The fourth-order valence-electron chi connectivity index (χ4n) is 3.08. The summed E-state index contributed by atoms with van der Waals surface area (Å²) in [5, 5.41) is 24.6. The molecule has 0 atom stereocenters. The molecule has 5 aromatic rings. The number of nitrogens with zero attached hydrogens (tertiary/aromatic N) is 5. The van der Waals surface area contributed by atoms with Crippen molar-refractivity contribution in [3.63, 3.8) is 0 Å². The van der Waals surface area contributed by atoms with Crippen molar-refractivity contribution in [3.8, 4) is 11.3 Å². The summed E-state index contributed by atoms with van der Waals surface area (Å²) in [7, 11) is 0. The Morgan fingerprint density at radius 1 is 1.00 bits per heavy atom. The highest BCUT2D eigenvalue weighted by Gasteiger charge is 2.14. The van der Waals surface area contributed by atoms with Gasteiger partial charge in [0.25, 0.3) is 0 Å². The zero-order valence-corrected chi connectivity index (χ0v) is 18.9. The average Bonchev–Trinajstić information content (AvgIpc) is 3.49. The van der Waals surface area contributed by atoms with E-state index in [9.17, 15) is 9.90 Å². The Morgan fingerprint density at radius 2 is 1.80 bits per heavy atom. The maximum atomic E-state index is 11.3. The number of fused-ring (bicyclic) bond motifs is 1. The molecular weight excluding hydrogens is 497 g/mol. The van der Waals surface area contributed by atoms with Gasteiger partial charge in [-0.2, -0.15) is 10.1 Å². The molecule has 5 rings (SSSR count). The van der Waals surface area contributed by atoms with E-state index in [1.54, 1.807) is 36.4 Å². The number of carbonyl (C=O) groups is 1. The number of hydrogen-bond donors (Lipinski definition) is 3. The van der Waals surface area contributed by atoms with Crippen molar-refractivity contribution in [2.75, 3.05) is 10.7 Å². The monoisotopic (exact) mass is 509 g/mol. The van der Waals surface area contributed by atoms with E-state index in [0.717, 1.165) is 0 Å². The normalized spacial score (nSPS) is 11.3. The maximum Gasteiger partial charge on any atom is 0.337 e. The van der Waals surface area contributed by atoms with E-state index in [1.165, 1.54) is 18.3 Å². The number of furan rings is 1. The molecule has 3 heterocycles. The van der Waals surface area contributed by atoms with Crippen LogP contribution < -0.4 is 10.7 Å². The van der Waals surface area contributed by atoms with Crippen molar-refractivity contribution < 1.29 is 18.9 Å². The molecule has 0 aliphatic rings. The number of hydrazone groups is 1. The summed E-state index contributed by atoms with van der Waals surface area (Å²) in [6.45, 7) is 0. The Labute approximate surface area is 206 Å². The maximum absolute atomic E-state index is 11.3. The second kappa shape index (κ2) is 9.41. The third-order valence-electron chi connectivity index (χ3n) is 4.67. The number of aromatic nitrogens is 4. The van der Waals surface area contributed by atoms with Crippen molar-refractivity contribution in [3.05, 3.63) is 76.0 Å². The van der Waals surface area contributed by atoms with Crippen LogP contribution in [-0.2, 0) is 0 Å². The van der Waals surface area contributed by atoms with Gasteiger partial charge in [0.05, 0.1) is 16.8 Å². The molecule has 0 bridgehead atoms. The Balaban J connectivity index is 1.37. The Bertz CT molecular complexity index is 1580. The number of hydrogen-bond acceptors (Lipinski definition) is 10. The van der Waals surface area contributed by atoms with Crippen molar-refractivity contribution >= 4 is 64.0 Å². The van der Waals surface area contributed by atoms with Crippen molar-refractivity contribution in [2.45, 2.75) is 0 Å². The lowest BCUT2D eigenvalue weighted by Crippen LogP contribution is -2.03. The third-order valence-corrected chi connectivity index (χ3v) is 5.24. The molecule has 2 aromatic carbocycles. The summed E-state index contributed by atoms with van der Waals surface area (Å²) in [6.07, 6.45) is 1.42. The molecule has 0 aliphatic heterocycles. The van der Waals surface area contributed by atoms with Crippen molar-refractivity contribution in [2.24, 2.45) is 5.10 Å². The van der Waals surface area contributed by atoms with E-state index in [1.807, 2.05) is 6.07 Å². The predicted octanol–water partition coefficient (Wildman–Crippen LogP) is 5.47. The van der Waals surface area contributed by atoms with Crippen LogP contribution in [-0.4, -0.2) is 37.6 Å². The van der Waals surface area contributed by atoms with Gasteiger partial charge >= 0.3 is 5.97 Å². The highest BCUT2D eigenvalue weighted by atomic mass is 35.5. The van der Waals surface area contributed by atoms with Gasteiger partial charge in [0.15, 0.2) is 11.6 Å². The molecule has 0 spiro atoms. The highest BCUT2D eigenvalue weighted by molar-refractivity contribution is 6.33. The molecule has 3 N–H and O–H groups in total. The summed E-state index contributed by atoms with van der Waals surface area (Å²) in [5.41, 5.74) is 4.41. The number of aromatic carboxylic acids is 1. The first-order valence-electron chi connectivity index (χ1n) is 9.91. The van der Waals surface area contributed by atoms with Gasteiger partial charge in [-0.1, -0.05) is 29.3 Å². The summed E-state index contributed by atoms with van der Waals surface area (Å²) >= 11 is 12.0. The van der Waals surface area contributed by atoms with Gasteiger partial charge < -0.3 is 14.8 Å². The standard InChI is InChI=1S/C22H13Cl2N7O4/c23-12-2-1-3-13(9-12)26-18-19(28-21-20(27-18)30-35-31-21)29-25-10-14-5-7-17(34-14)11-4-6-16(24)15(8-11)22(32)33/h1-10H,(H,32,33)(H,26,27,30)(H,28,29,31). The molecule has 3 aromatic heterocycles. The molecule has 0 saturated heterocycles. The molecule has 13 heteroatoms. The van der Waals surface area contributed by atoms with E-state index in [0.29, 0.717) is 33.6 Å². The van der Waals surface area contributed by atoms with Gasteiger partial charge in [-0.15, -0.1) is 0 Å². The summed E-state index contributed by atoms with van der Waals surface area (Å²) in [5.74, 6) is 0.289. The quantitative estimate of drug-likeness (QED) is 0.190. The van der Waals surface area contributed by atoms with E-state index in [4.69, 9.17) is 32.2 Å². The van der Waals surface area contributed by atoms with Crippen LogP contribution >= 0.6 is 23.2 Å². The van der Waals surface area contributed by atoms with Crippen LogP contribution in [0, 0.1) is 0 Å². The highest BCUT2D eigenvalue weighted by Crippen LogP contribution is 2.27. The van der Waals surface area contributed by atoms with Crippen LogP contribution in [0.4, 0.5) is 17.3 Å². The fraction of sp³-hybridized carbons (Fsp3) is 0. The number of carboxylic acids is 1. The van der Waals surface area contributed by atoms with Crippen LogP contribution in [0.3, 0.4) is 0 Å². The molecule has 174 valence electrons. The van der Waals surface area contributed by atoms with Crippen LogP contribution in [0.15, 0.2) is 68.7 Å². The van der Waals surface area contributed by atoms with Crippen molar-refractivity contribution in [1.29, 1.82) is 0 Å². The van der Waals surface area contributed by atoms with E-state index >= 15 is 0 Å². The predicted molar refractivity (Wildman–Crippen MR) is 129 cm³/mol. The van der Waals surface area contributed by atoms with E-state index in [-0.39, 0.29) is 27.7 Å². The first kappa shape index (κ1) is 22.3. The lowest BCUT2D eigenvalue weighted by Gasteiger charge is -2.09. The number of benzene rings is 2. The SMILES string of the molecule is O=C(O)c1cc(-c2ccc(C=NNc3nc4nonc4nc3Nc3cccc(Cl)c3)o2)ccc1Cl. The molecular formula is C22H13Cl2N7O4. The molecule has 35 heavy (non-hydrogen) atoms.